The summed E-state index contributed by atoms with van der Waals surface area (Å²) in [6.07, 6.45) is 1.73. The van der Waals surface area contributed by atoms with E-state index < -0.39 is 15.9 Å². The molecule has 0 spiro atoms. The normalized spacial score (nSPS) is 12.2. The number of ether oxygens (including phenoxy) is 2. The molecule has 2 aromatic carbocycles. The molecule has 1 atom stereocenters. The summed E-state index contributed by atoms with van der Waals surface area (Å²) in [5, 5.41) is 2.96. The van der Waals surface area contributed by atoms with Crippen molar-refractivity contribution in [1.29, 1.82) is 0 Å². The molecule has 1 amide bonds. The number of hydrogen-bond donors (Lipinski definition) is 1. The number of nitrogens with zero attached hydrogens (tertiary/aromatic N) is 1. The van der Waals surface area contributed by atoms with Gasteiger partial charge in [-0.15, -0.1) is 0 Å². The molecule has 0 aliphatic rings. The van der Waals surface area contributed by atoms with Crippen LogP contribution >= 0.6 is 0 Å². The van der Waals surface area contributed by atoms with Crippen LogP contribution in [0.5, 0.6) is 11.5 Å². The molecule has 30 heavy (non-hydrogen) atoms. The van der Waals surface area contributed by atoms with Gasteiger partial charge in [-0.05, 0) is 43.5 Å². The minimum absolute atomic E-state index is 0.216. The zero-order chi connectivity index (χ0) is 22.5. The third kappa shape index (κ3) is 5.66. The number of amides is 1. The van der Waals surface area contributed by atoms with Gasteiger partial charge in [0, 0.05) is 6.07 Å². The summed E-state index contributed by atoms with van der Waals surface area (Å²) in [4.78, 5) is 12.9. The minimum Gasteiger partial charge on any atom is -0.497 e. The summed E-state index contributed by atoms with van der Waals surface area (Å²) in [5.41, 5.74) is 3.48. The lowest BCUT2D eigenvalue weighted by atomic mass is 9.97. The highest BCUT2D eigenvalue weighted by atomic mass is 32.2. The number of rotatable bonds is 9. The molecule has 7 nitrogen and oxygen atoms in total. The molecule has 2 rings (SSSR count). The van der Waals surface area contributed by atoms with Gasteiger partial charge in [-0.2, -0.15) is 0 Å². The number of carbonyl (C=O) groups is 1. The van der Waals surface area contributed by atoms with Crippen LogP contribution in [-0.4, -0.2) is 41.3 Å². The van der Waals surface area contributed by atoms with Crippen LogP contribution in [0, 0.1) is 13.8 Å². The Morgan fingerprint density at radius 2 is 1.80 bits per heavy atom. The fourth-order valence-corrected chi connectivity index (χ4v) is 4.21. The molecule has 0 aliphatic heterocycles. The zero-order valence-electron chi connectivity index (χ0n) is 18.4. The van der Waals surface area contributed by atoms with Gasteiger partial charge in [-0.25, -0.2) is 8.42 Å². The van der Waals surface area contributed by atoms with Gasteiger partial charge < -0.3 is 14.8 Å². The molecule has 0 fully saturated rings. The van der Waals surface area contributed by atoms with E-state index in [-0.39, 0.29) is 18.3 Å². The first kappa shape index (κ1) is 23.5. The lowest BCUT2D eigenvalue weighted by Crippen LogP contribution is -2.41. The zero-order valence-corrected chi connectivity index (χ0v) is 19.2. The number of nitrogens with one attached hydrogen (secondary N) is 1. The van der Waals surface area contributed by atoms with Crippen molar-refractivity contribution in [3.63, 3.8) is 0 Å². The molecule has 0 radical (unpaired) electrons. The maximum atomic E-state index is 12.9. The van der Waals surface area contributed by atoms with Crippen molar-refractivity contribution in [3.05, 3.63) is 53.1 Å². The summed E-state index contributed by atoms with van der Waals surface area (Å²) in [7, 11) is -0.826. The largest absolute Gasteiger partial charge is 0.497 e. The molecule has 0 heterocycles. The fraction of sp³-hybridized carbons (Fsp3) is 0.409. The van der Waals surface area contributed by atoms with Gasteiger partial charge in [0.15, 0.2) is 0 Å². The van der Waals surface area contributed by atoms with Gasteiger partial charge in [0.2, 0.25) is 15.9 Å². The number of sulfonamides is 1. The Morgan fingerprint density at radius 1 is 1.10 bits per heavy atom. The molecule has 0 bridgehead atoms. The highest BCUT2D eigenvalue weighted by Gasteiger charge is 2.26. The average molecular weight is 435 g/mol. The predicted molar refractivity (Wildman–Crippen MR) is 119 cm³/mol. The van der Waals surface area contributed by atoms with Crippen molar-refractivity contribution in [2.75, 3.05) is 31.3 Å². The van der Waals surface area contributed by atoms with Gasteiger partial charge in [-0.3, -0.25) is 9.10 Å². The van der Waals surface area contributed by atoms with E-state index in [9.17, 15) is 13.2 Å². The second kappa shape index (κ2) is 9.84. The Bertz CT molecular complexity index is 1000. The standard InChI is InChI=1S/C22H30N2O5S/c1-7-19(18-10-8-15(2)12-16(18)3)23-22(25)14-24(30(6,26)27)20-13-17(28-4)9-11-21(20)29-5/h8-13,19H,7,14H2,1-6H3,(H,23,25)/t19-/m1/s1. The van der Waals surface area contributed by atoms with Gasteiger partial charge >= 0.3 is 0 Å². The van der Waals surface area contributed by atoms with Crippen molar-refractivity contribution >= 4 is 21.6 Å². The van der Waals surface area contributed by atoms with Gasteiger partial charge in [0.1, 0.15) is 18.0 Å². The molecule has 1 N–H and O–H groups in total. The van der Waals surface area contributed by atoms with Gasteiger partial charge in [0.25, 0.3) is 0 Å². The van der Waals surface area contributed by atoms with E-state index in [1.165, 1.54) is 20.3 Å². The molecule has 0 unspecified atom stereocenters. The highest BCUT2D eigenvalue weighted by Crippen LogP contribution is 2.33. The summed E-state index contributed by atoms with van der Waals surface area (Å²) >= 11 is 0. The van der Waals surface area contributed by atoms with Crippen molar-refractivity contribution in [3.8, 4) is 11.5 Å². The van der Waals surface area contributed by atoms with Crippen LogP contribution in [-0.2, 0) is 14.8 Å². The van der Waals surface area contributed by atoms with E-state index >= 15 is 0 Å². The van der Waals surface area contributed by atoms with Crippen LogP contribution in [0.1, 0.15) is 36.1 Å². The molecular weight excluding hydrogens is 404 g/mol. The quantitative estimate of drug-likeness (QED) is 0.654. The number of aryl methyl sites for hydroxylation is 2. The molecule has 0 saturated carbocycles. The smallest absolute Gasteiger partial charge is 0.241 e. The van der Waals surface area contributed by atoms with Crippen LogP contribution in [0.3, 0.4) is 0 Å². The third-order valence-electron chi connectivity index (χ3n) is 4.89. The van der Waals surface area contributed by atoms with E-state index in [0.717, 1.165) is 27.3 Å². The summed E-state index contributed by atoms with van der Waals surface area (Å²) in [6, 6.07) is 10.7. The van der Waals surface area contributed by atoms with E-state index in [0.29, 0.717) is 17.9 Å². The Labute approximate surface area is 179 Å². The first-order valence-electron chi connectivity index (χ1n) is 9.67. The number of hydrogen-bond acceptors (Lipinski definition) is 5. The van der Waals surface area contributed by atoms with Gasteiger partial charge in [-0.1, -0.05) is 30.7 Å². The maximum Gasteiger partial charge on any atom is 0.241 e. The minimum atomic E-state index is -3.75. The van der Waals surface area contributed by atoms with Crippen molar-refractivity contribution in [2.24, 2.45) is 0 Å². The molecule has 164 valence electrons. The molecule has 2 aromatic rings. The fourth-order valence-electron chi connectivity index (χ4n) is 3.36. The van der Waals surface area contributed by atoms with Crippen LogP contribution in [0.25, 0.3) is 0 Å². The van der Waals surface area contributed by atoms with Crippen molar-refractivity contribution in [2.45, 2.75) is 33.2 Å². The lowest BCUT2D eigenvalue weighted by Gasteiger charge is -2.26. The van der Waals surface area contributed by atoms with E-state index in [1.807, 2.05) is 32.9 Å². The Morgan fingerprint density at radius 3 is 2.33 bits per heavy atom. The lowest BCUT2D eigenvalue weighted by molar-refractivity contribution is -0.120. The predicted octanol–water partition coefficient (Wildman–Crippen LogP) is 3.35. The molecule has 8 heteroatoms. The second-order valence-electron chi connectivity index (χ2n) is 7.20. The third-order valence-corrected chi connectivity index (χ3v) is 6.01. The highest BCUT2D eigenvalue weighted by molar-refractivity contribution is 7.92. The van der Waals surface area contributed by atoms with Crippen molar-refractivity contribution in [1.82, 2.24) is 5.32 Å². The molecular formula is C22H30N2O5S. The monoisotopic (exact) mass is 434 g/mol. The Hall–Kier alpha value is -2.74. The second-order valence-corrected chi connectivity index (χ2v) is 9.10. The molecule has 0 aromatic heterocycles. The van der Waals surface area contributed by atoms with Crippen LogP contribution in [0.15, 0.2) is 36.4 Å². The van der Waals surface area contributed by atoms with Crippen molar-refractivity contribution < 1.29 is 22.7 Å². The topological polar surface area (TPSA) is 84.9 Å². The number of methoxy groups -OCH3 is 2. The molecule has 0 saturated heterocycles. The summed E-state index contributed by atoms with van der Waals surface area (Å²) in [5.74, 6) is 0.383. The van der Waals surface area contributed by atoms with Crippen LogP contribution in [0.2, 0.25) is 0 Å². The van der Waals surface area contributed by atoms with Gasteiger partial charge in [0.05, 0.1) is 32.2 Å². The number of anilines is 1. The number of carbonyl (C=O) groups excluding carboxylic acids is 1. The van der Waals surface area contributed by atoms with Crippen LogP contribution < -0.4 is 19.1 Å². The van der Waals surface area contributed by atoms with E-state index in [4.69, 9.17) is 9.47 Å². The number of benzene rings is 2. The van der Waals surface area contributed by atoms with E-state index in [2.05, 4.69) is 11.4 Å². The SMILES string of the molecule is CC[C@@H](NC(=O)CN(c1cc(OC)ccc1OC)S(C)(=O)=O)c1ccc(C)cc1C. The Kier molecular flexibility index (Phi) is 7.72. The van der Waals surface area contributed by atoms with Crippen LogP contribution in [0.4, 0.5) is 5.69 Å². The Balaban J connectivity index is 2.32. The summed E-state index contributed by atoms with van der Waals surface area (Å²) < 4.78 is 36.5. The first-order valence-corrected chi connectivity index (χ1v) is 11.5. The maximum absolute atomic E-state index is 12.9. The summed E-state index contributed by atoms with van der Waals surface area (Å²) in [6.45, 7) is 5.62. The molecule has 0 aliphatic carbocycles. The average Bonchev–Trinajstić information content (AvgIpc) is 2.69. The van der Waals surface area contributed by atoms with E-state index in [1.54, 1.807) is 12.1 Å². The first-order chi connectivity index (χ1) is 14.1.